The second-order valence-corrected chi connectivity index (χ2v) is 11.5. The van der Waals surface area contributed by atoms with Crippen LogP contribution in [0.3, 0.4) is 0 Å². The van der Waals surface area contributed by atoms with E-state index < -0.39 is 0 Å². The first-order chi connectivity index (χ1) is 16.8. The van der Waals surface area contributed by atoms with E-state index in [4.69, 9.17) is 9.98 Å². The molecule has 4 aromatic rings. The SMILES string of the molecule is Cc1ccc(N=C2C(=NCCSc3ccc(C(C)(C)C)cc3)c3cccc4cccc2c34)c(C)c1. The van der Waals surface area contributed by atoms with Gasteiger partial charge in [-0.05, 0) is 54.0 Å². The summed E-state index contributed by atoms with van der Waals surface area (Å²) in [5, 5.41) is 2.51. The molecular weight excluding hydrogens is 444 g/mol. The summed E-state index contributed by atoms with van der Waals surface area (Å²) in [5.41, 5.74) is 9.38. The van der Waals surface area contributed by atoms with E-state index in [-0.39, 0.29) is 5.41 Å². The maximum Gasteiger partial charge on any atom is 0.0974 e. The largest absolute Gasteiger partial charge is 0.282 e. The van der Waals surface area contributed by atoms with Crippen LogP contribution in [-0.4, -0.2) is 23.7 Å². The topological polar surface area (TPSA) is 24.7 Å². The summed E-state index contributed by atoms with van der Waals surface area (Å²) in [5.74, 6) is 0.932. The van der Waals surface area contributed by atoms with Crippen LogP contribution >= 0.6 is 11.8 Å². The normalized spacial score (nSPS) is 15.5. The second kappa shape index (κ2) is 9.47. The van der Waals surface area contributed by atoms with Gasteiger partial charge in [0.05, 0.1) is 17.1 Å². The molecule has 0 radical (unpaired) electrons. The monoisotopic (exact) mass is 476 g/mol. The van der Waals surface area contributed by atoms with Gasteiger partial charge in [-0.15, -0.1) is 11.8 Å². The first-order valence-corrected chi connectivity index (χ1v) is 13.3. The van der Waals surface area contributed by atoms with Crippen molar-refractivity contribution in [2.45, 2.75) is 44.9 Å². The number of aliphatic imine (C=N–C) groups is 2. The van der Waals surface area contributed by atoms with Crippen LogP contribution in [0.4, 0.5) is 5.69 Å². The molecule has 0 unspecified atom stereocenters. The quantitative estimate of drug-likeness (QED) is 0.209. The predicted molar refractivity (Wildman–Crippen MR) is 153 cm³/mol. The lowest BCUT2D eigenvalue weighted by atomic mass is 9.87. The molecule has 0 saturated carbocycles. The summed E-state index contributed by atoms with van der Waals surface area (Å²) >= 11 is 1.86. The summed E-state index contributed by atoms with van der Waals surface area (Å²) in [7, 11) is 0. The van der Waals surface area contributed by atoms with Crippen LogP contribution in [0.5, 0.6) is 0 Å². The lowest BCUT2D eigenvalue weighted by Crippen LogP contribution is -2.12. The fourth-order valence-electron chi connectivity index (χ4n) is 4.69. The van der Waals surface area contributed by atoms with Gasteiger partial charge in [0, 0.05) is 33.7 Å². The highest BCUT2D eigenvalue weighted by atomic mass is 32.2. The van der Waals surface area contributed by atoms with Gasteiger partial charge in [-0.1, -0.05) is 87.0 Å². The summed E-state index contributed by atoms with van der Waals surface area (Å²) in [6, 6.07) is 28.4. The molecule has 0 bridgehead atoms. The average molecular weight is 477 g/mol. The van der Waals surface area contributed by atoms with Crippen LogP contribution in [0.25, 0.3) is 10.8 Å². The standard InChI is InChI=1S/C32H32N2S/c1-21-12-17-28(22(2)20-21)34-31-27-11-7-9-23-8-6-10-26(29(23)27)30(31)33-18-19-35-25-15-13-24(14-16-25)32(3,4)5/h6-17,20H,18-19H2,1-5H3. The molecule has 0 saturated heterocycles. The highest BCUT2D eigenvalue weighted by Crippen LogP contribution is 2.34. The van der Waals surface area contributed by atoms with E-state index in [9.17, 15) is 0 Å². The Kier molecular flexibility index (Phi) is 6.37. The maximum absolute atomic E-state index is 5.17. The van der Waals surface area contributed by atoms with Crippen molar-refractivity contribution in [2.75, 3.05) is 12.3 Å². The number of nitrogens with zero attached hydrogens (tertiary/aromatic N) is 2. The lowest BCUT2D eigenvalue weighted by Gasteiger charge is -2.19. The van der Waals surface area contributed by atoms with E-state index in [0.717, 1.165) is 29.4 Å². The second-order valence-electron chi connectivity index (χ2n) is 10.3. The number of hydrogen-bond donors (Lipinski definition) is 0. The van der Waals surface area contributed by atoms with Crippen LogP contribution in [0.15, 0.2) is 93.7 Å². The van der Waals surface area contributed by atoms with Crippen LogP contribution in [0.2, 0.25) is 0 Å². The Balaban J connectivity index is 1.44. The summed E-state index contributed by atoms with van der Waals surface area (Å²) in [4.78, 5) is 11.6. The van der Waals surface area contributed by atoms with Gasteiger partial charge in [-0.3, -0.25) is 4.99 Å². The molecule has 2 nitrogen and oxygen atoms in total. The maximum atomic E-state index is 5.17. The first-order valence-electron chi connectivity index (χ1n) is 12.3. The highest BCUT2D eigenvalue weighted by Gasteiger charge is 2.27. The molecule has 176 valence electrons. The minimum atomic E-state index is 0.180. The van der Waals surface area contributed by atoms with Crippen molar-refractivity contribution in [3.63, 3.8) is 0 Å². The van der Waals surface area contributed by atoms with E-state index in [1.165, 1.54) is 43.5 Å². The zero-order chi connectivity index (χ0) is 24.6. The molecule has 3 heteroatoms. The zero-order valence-corrected chi connectivity index (χ0v) is 22.0. The first kappa shape index (κ1) is 23.6. The van der Waals surface area contributed by atoms with Gasteiger partial charge in [-0.2, -0.15) is 0 Å². The van der Waals surface area contributed by atoms with Crippen LogP contribution in [0.1, 0.15) is 48.6 Å². The highest BCUT2D eigenvalue weighted by molar-refractivity contribution is 7.99. The summed E-state index contributed by atoms with van der Waals surface area (Å²) in [6.07, 6.45) is 0. The molecule has 0 spiro atoms. The molecule has 4 aromatic carbocycles. The molecule has 1 aliphatic carbocycles. The molecule has 0 atom stereocenters. The van der Waals surface area contributed by atoms with Gasteiger partial charge in [0.15, 0.2) is 0 Å². The smallest absolute Gasteiger partial charge is 0.0974 e. The summed E-state index contributed by atoms with van der Waals surface area (Å²) < 4.78 is 0. The van der Waals surface area contributed by atoms with Gasteiger partial charge in [0.25, 0.3) is 0 Å². The van der Waals surface area contributed by atoms with Gasteiger partial charge >= 0.3 is 0 Å². The predicted octanol–water partition coefficient (Wildman–Crippen LogP) is 8.47. The minimum Gasteiger partial charge on any atom is -0.282 e. The fourth-order valence-corrected chi connectivity index (χ4v) is 5.43. The Bertz CT molecular complexity index is 1450. The van der Waals surface area contributed by atoms with E-state index in [1.807, 2.05) is 11.8 Å². The molecule has 0 aliphatic heterocycles. The van der Waals surface area contributed by atoms with Gasteiger partial charge in [-0.25, -0.2) is 4.99 Å². The van der Waals surface area contributed by atoms with Crippen molar-refractivity contribution in [1.29, 1.82) is 0 Å². The number of thioether (sulfide) groups is 1. The van der Waals surface area contributed by atoms with Gasteiger partial charge in [0.2, 0.25) is 0 Å². The van der Waals surface area contributed by atoms with Crippen LogP contribution in [-0.2, 0) is 5.41 Å². The summed E-state index contributed by atoms with van der Waals surface area (Å²) in [6.45, 7) is 11.8. The molecular formula is C32H32N2S. The van der Waals surface area contributed by atoms with E-state index in [2.05, 4.69) is 113 Å². The van der Waals surface area contributed by atoms with Crippen molar-refractivity contribution < 1.29 is 0 Å². The molecule has 1 aliphatic rings. The van der Waals surface area contributed by atoms with Crippen LogP contribution < -0.4 is 0 Å². The Labute approximate surface area is 213 Å². The molecule has 5 rings (SSSR count). The van der Waals surface area contributed by atoms with Crippen molar-refractivity contribution in [2.24, 2.45) is 9.98 Å². The molecule has 0 aromatic heterocycles. The number of hydrogen-bond acceptors (Lipinski definition) is 3. The van der Waals surface area contributed by atoms with E-state index in [1.54, 1.807) is 0 Å². The van der Waals surface area contributed by atoms with Crippen molar-refractivity contribution in [3.8, 4) is 0 Å². The van der Waals surface area contributed by atoms with Gasteiger partial charge < -0.3 is 0 Å². The molecule has 0 amide bonds. The van der Waals surface area contributed by atoms with Crippen LogP contribution in [0, 0.1) is 13.8 Å². The third-order valence-corrected chi connectivity index (χ3v) is 7.57. The number of benzene rings is 4. The Morgan fingerprint density at radius 1 is 0.771 bits per heavy atom. The Hall–Kier alpha value is -3.17. The van der Waals surface area contributed by atoms with Gasteiger partial charge in [0.1, 0.15) is 0 Å². The average Bonchev–Trinajstić information content (AvgIpc) is 3.13. The third kappa shape index (κ3) is 4.83. The zero-order valence-electron chi connectivity index (χ0n) is 21.2. The minimum absolute atomic E-state index is 0.180. The molecule has 0 fully saturated rings. The molecule has 0 N–H and O–H groups in total. The molecule has 35 heavy (non-hydrogen) atoms. The Morgan fingerprint density at radius 3 is 2.11 bits per heavy atom. The van der Waals surface area contributed by atoms with E-state index in [0.29, 0.717) is 0 Å². The van der Waals surface area contributed by atoms with Crippen molar-refractivity contribution in [3.05, 3.63) is 107 Å². The van der Waals surface area contributed by atoms with Crippen molar-refractivity contribution in [1.82, 2.24) is 0 Å². The fraction of sp³-hybridized carbons (Fsp3) is 0.250. The number of aryl methyl sites for hydroxylation is 2. The lowest BCUT2D eigenvalue weighted by molar-refractivity contribution is 0.590. The molecule has 0 heterocycles. The van der Waals surface area contributed by atoms with E-state index >= 15 is 0 Å². The van der Waals surface area contributed by atoms with Crippen molar-refractivity contribution >= 4 is 39.6 Å². The Morgan fingerprint density at radius 2 is 1.46 bits per heavy atom. The third-order valence-electron chi connectivity index (χ3n) is 6.57. The number of rotatable bonds is 5.